The summed E-state index contributed by atoms with van der Waals surface area (Å²) >= 11 is 0. The van der Waals surface area contributed by atoms with E-state index in [2.05, 4.69) is 18.3 Å². The van der Waals surface area contributed by atoms with Crippen molar-refractivity contribution in [1.29, 1.82) is 0 Å². The fraction of sp³-hybridized carbons (Fsp3) is 0.500. The number of hydrogen-bond donors (Lipinski definition) is 3. The zero-order chi connectivity index (χ0) is 10.8. The third-order valence-corrected chi connectivity index (χ3v) is 3.00. The number of benzene rings is 1. The lowest BCUT2D eigenvalue weighted by molar-refractivity contribution is 0.0487. The summed E-state index contributed by atoms with van der Waals surface area (Å²) in [5.41, 5.74) is 8.86. The van der Waals surface area contributed by atoms with E-state index in [-0.39, 0.29) is 6.10 Å². The van der Waals surface area contributed by atoms with Gasteiger partial charge < -0.3 is 16.2 Å². The molecule has 4 N–H and O–H groups in total. The van der Waals surface area contributed by atoms with Crippen molar-refractivity contribution < 1.29 is 5.11 Å². The van der Waals surface area contributed by atoms with Crippen LogP contribution in [0.15, 0.2) is 18.2 Å². The van der Waals surface area contributed by atoms with Crippen LogP contribution in [-0.4, -0.2) is 17.8 Å². The Kier molecular flexibility index (Phi) is 2.82. The maximum atomic E-state index is 9.16. The summed E-state index contributed by atoms with van der Waals surface area (Å²) in [7, 11) is 0. The zero-order valence-electron chi connectivity index (χ0n) is 9.03. The summed E-state index contributed by atoms with van der Waals surface area (Å²) in [6.45, 7) is 2.96. The van der Waals surface area contributed by atoms with E-state index in [4.69, 9.17) is 10.8 Å². The third-order valence-electron chi connectivity index (χ3n) is 3.00. The predicted octanol–water partition coefficient (Wildman–Crippen LogP) is 1.76. The highest BCUT2D eigenvalue weighted by Crippen LogP contribution is 2.28. The monoisotopic (exact) mass is 206 g/mol. The molecule has 0 bridgehead atoms. The largest absolute Gasteiger partial charge is 0.397 e. The second kappa shape index (κ2) is 4.11. The molecule has 1 fully saturated rings. The molecule has 2 rings (SSSR count). The number of aliphatic hydroxyl groups excluding tert-OH is 1. The van der Waals surface area contributed by atoms with Gasteiger partial charge in [0.1, 0.15) is 0 Å². The lowest BCUT2D eigenvalue weighted by Gasteiger charge is -2.31. The van der Waals surface area contributed by atoms with Crippen molar-refractivity contribution in [3.63, 3.8) is 0 Å². The molecule has 15 heavy (non-hydrogen) atoms. The van der Waals surface area contributed by atoms with Gasteiger partial charge in [-0.15, -0.1) is 0 Å². The van der Waals surface area contributed by atoms with E-state index in [1.54, 1.807) is 0 Å². The molecule has 0 atom stereocenters. The van der Waals surface area contributed by atoms with Crippen LogP contribution in [0, 0.1) is 12.8 Å². The number of nitrogens with one attached hydrogen (secondary N) is 1. The molecule has 82 valence electrons. The first-order chi connectivity index (χ1) is 7.15. The Hall–Kier alpha value is -1.22. The van der Waals surface area contributed by atoms with Crippen molar-refractivity contribution >= 4 is 11.4 Å². The zero-order valence-corrected chi connectivity index (χ0v) is 9.03. The highest BCUT2D eigenvalue weighted by Gasteiger charge is 2.26. The van der Waals surface area contributed by atoms with Gasteiger partial charge in [0, 0.05) is 6.54 Å². The standard InChI is InChI=1S/C12H18N2O/c1-8-2-3-11(13)12(4-8)14-7-9-5-10(15)6-9/h2-4,9-10,14-15H,5-7,13H2,1H3. The van der Waals surface area contributed by atoms with E-state index in [9.17, 15) is 0 Å². The number of aliphatic hydroxyl groups is 1. The number of hydrogen-bond acceptors (Lipinski definition) is 3. The quantitative estimate of drug-likeness (QED) is 0.660. The number of nitrogens with two attached hydrogens (primary N) is 1. The Morgan fingerprint density at radius 3 is 2.87 bits per heavy atom. The number of rotatable bonds is 3. The van der Waals surface area contributed by atoms with Crippen LogP contribution in [0.5, 0.6) is 0 Å². The Bertz CT molecular complexity index is 345. The van der Waals surface area contributed by atoms with E-state index in [1.807, 2.05) is 12.1 Å². The molecule has 0 saturated heterocycles. The van der Waals surface area contributed by atoms with Gasteiger partial charge in [-0.25, -0.2) is 0 Å². The lowest BCUT2D eigenvalue weighted by Crippen LogP contribution is -2.33. The average Bonchev–Trinajstić information content (AvgIpc) is 2.16. The van der Waals surface area contributed by atoms with Crippen molar-refractivity contribution in [3.05, 3.63) is 23.8 Å². The van der Waals surface area contributed by atoms with Gasteiger partial charge in [0.05, 0.1) is 17.5 Å². The average molecular weight is 206 g/mol. The third kappa shape index (κ3) is 2.42. The lowest BCUT2D eigenvalue weighted by atomic mass is 9.82. The molecule has 0 unspecified atom stereocenters. The van der Waals surface area contributed by atoms with Crippen molar-refractivity contribution in [2.24, 2.45) is 5.92 Å². The maximum Gasteiger partial charge on any atom is 0.0576 e. The highest BCUT2D eigenvalue weighted by molar-refractivity contribution is 5.66. The van der Waals surface area contributed by atoms with E-state index in [0.29, 0.717) is 5.92 Å². The number of anilines is 2. The van der Waals surface area contributed by atoms with Crippen LogP contribution < -0.4 is 11.1 Å². The normalized spacial score (nSPS) is 24.7. The van der Waals surface area contributed by atoms with Crippen LogP contribution in [0.4, 0.5) is 11.4 Å². The SMILES string of the molecule is Cc1ccc(N)c(NCC2CC(O)C2)c1. The second-order valence-electron chi connectivity index (χ2n) is 4.46. The van der Waals surface area contributed by atoms with Crippen LogP contribution in [0.3, 0.4) is 0 Å². The Balaban J connectivity index is 1.90. The van der Waals surface area contributed by atoms with Crippen LogP contribution in [-0.2, 0) is 0 Å². The minimum atomic E-state index is -0.0772. The molecule has 3 heteroatoms. The van der Waals surface area contributed by atoms with Crippen molar-refractivity contribution in [2.45, 2.75) is 25.9 Å². The number of nitrogen functional groups attached to an aromatic ring is 1. The van der Waals surface area contributed by atoms with Crippen molar-refractivity contribution in [3.8, 4) is 0 Å². The predicted molar refractivity (Wildman–Crippen MR) is 62.8 cm³/mol. The minimum absolute atomic E-state index is 0.0772. The van der Waals surface area contributed by atoms with Crippen LogP contribution in [0.25, 0.3) is 0 Å². The van der Waals surface area contributed by atoms with E-state index >= 15 is 0 Å². The smallest absolute Gasteiger partial charge is 0.0576 e. The molecule has 1 aromatic rings. The molecule has 1 aliphatic rings. The van der Waals surface area contributed by atoms with E-state index < -0.39 is 0 Å². The fourth-order valence-corrected chi connectivity index (χ4v) is 1.94. The summed E-state index contributed by atoms with van der Waals surface area (Å²) in [5, 5.41) is 12.5. The summed E-state index contributed by atoms with van der Waals surface area (Å²) < 4.78 is 0. The first-order valence-electron chi connectivity index (χ1n) is 5.43. The summed E-state index contributed by atoms with van der Waals surface area (Å²) in [5.74, 6) is 0.597. The Morgan fingerprint density at radius 1 is 1.47 bits per heavy atom. The van der Waals surface area contributed by atoms with Crippen LogP contribution in [0.1, 0.15) is 18.4 Å². The van der Waals surface area contributed by atoms with Gasteiger partial charge >= 0.3 is 0 Å². The molecule has 0 radical (unpaired) electrons. The van der Waals surface area contributed by atoms with Gasteiger partial charge in [0.15, 0.2) is 0 Å². The highest BCUT2D eigenvalue weighted by atomic mass is 16.3. The molecule has 1 aromatic carbocycles. The molecule has 0 heterocycles. The Morgan fingerprint density at radius 2 is 2.20 bits per heavy atom. The maximum absolute atomic E-state index is 9.16. The van der Waals surface area contributed by atoms with E-state index in [1.165, 1.54) is 5.56 Å². The van der Waals surface area contributed by atoms with Gasteiger partial charge in [-0.1, -0.05) is 6.07 Å². The molecule has 1 aliphatic carbocycles. The molecule has 0 aromatic heterocycles. The molecule has 0 spiro atoms. The summed E-state index contributed by atoms with van der Waals surface area (Å²) in [6.07, 6.45) is 1.75. The van der Waals surface area contributed by atoms with Gasteiger partial charge in [0.2, 0.25) is 0 Å². The van der Waals surface area contributed by atoms with Gasteiger partial charge in [0.25, 0.3) is 0 Å². The van der Waals surface area contributed by atoms with E-state index in [0.717, 1.165) is 30.8 Å². The van der Waals surface area contributed by atoms with Crippen molar-refractivity contribution in [2.75, 3.05) is 17.6 Å². The molecule has 3 nitrogen and oxygen atoms in total. The Labute approximate surface area is 90.3 Å². The topological polar surface area (TPSA) is 58.3 Å². The molecular formula is C12H18N2O. The first kappa shape index (κ1) is 10.3. The second-order valence-corrected chi connectivity index (χ2v) is 4.46. The van der Waals surface area contributed by atoms with Gasteiger partial charge in [-0.2, -0.15) is 0 Å². The van der Waals surface area contributed by atoms with Crippen molar-refractivity contribution in [1.82, 2.24) is 0 Å². The van der Waals surface area contributed by atoms with Crippen LogP contribution in [0.2, 0.25) is 0 Å². The molecule has 1 saturated carbocycles. The van der Waals surface area contributed by atoms with Gasteiger partial charge in [-0.3, -0.25) is 0 Å². The summed E-state index contributed by atoms with van der Waals surface area (Å²) in [4.78, 5) is 0. The molecule has 0 amide bonds. The van der Waals surface area contributed by atoms with Gasteiger partial charge in [-0.05, 0) is 43.4 Å². The van der Waals surface area contributed by atoms with Crippen LogP contribution >= 0.6 is 0 Å². The number of aryl methyl sites for hydroxylation is 1. The molecule has 0 aliphatic heterocycles. The first-order valence-corrected chi connectivity index (χ1v) is 5.43. The fourth-order valence-electron chi connectivity index (χ4n) is 1.94. The minimum Gasteiger partial charge on any atom is -0.397 e. The molecular weight excluding hydrogens is 188 g/mol. The summed E-state index contributed by atoms with van der Waals surface area (Å²) in [6, 6.07) is 5.99.